The summed E-state index contributed by atoms with van der Waals surface area (Å²) in [6, 6.07) is 13.1. The Morgan fingerprint density at radius 1 is 0.917 bits per heavy atom. The molecule has 1 N–H and O–H groups in total. The summed E-state index contributed by atoms with van der Waals surface area (Å²) in [6.07, 6.45) is 1.46. The Balaban J connectivity index is 2.03. The minimum Gasteiger partial charge on any atom is -0.273 e. The number of anilines is 1. The SMILES string of the molecule is O=C1NC(=O)N(c2ccc(Br)cc2)C(=O)/C1=C/c1ccccc1Br. The Kier molecular flexibility index (Phi) is 4.64. The Labute approximate surface area is 154 Å². The lowest BCUT2D eigenvalue weighted by Gasteiger charge is -2.26. The van der Waals surface area contributed by atoms with Gasteiger partial charge in [-0.25, -0.2) is 9.69 Å². The van der Waals surface area contributed by atoms with Gasteiger partial charge in [-0.15, -0.1) is 0 Å². The lowest BCUT2D eigenvalue weighted by molar-refractivity contribution is -0.122. The number of nitrogens with one attached hydrogen (secondary N) is 1. The molecule has 0 bridgehead atoms. The second-order valence-corrected chi connectivity index (χ2v) is 6.73. The molecule has 0 atom stereocenters. The molecule has 4 amide bonds. The fraction of sp³-hybridized carbons (Fsp3) is 0. The van der Waals surface area contributed by atoms with Gasteiger partial charge in [-0.05, 0) is 42.0 Å². The molecule has 1 saturated heterocycles. The molecule has 7 heteroatoms. The predicted octanol–water partition coefficient (Wildman–Crippen LogP) is 3.88. The van der Waals surface area contributed by atoms with Gasteiger partial charge in [-0.2, -0.15) is 0 Å². The first-order valence-corrected chi connectivity index (χ1v) is 8.47. The van der Waals surface area contributed by atoms with Crippen molar-refractivity contribution in [1.82, 2.24) is 5.32 Å². The predicted molar refractivity (Wildman–Crippen MR) is 97.3 cm³/mol. The van der Waals surface area contributed by atoms with Crippen LogP contribution in [-0.4, -0.2) is 17.8 Å². The zero-order valence-corrected chi connectivity index (χ0v) is 15.3. The van der Waals surface area contributed by atoms with E-state index in [1.165, 1.54) is 6.08 Å². The highest BCUT2D eigenvalue weighted by molar-refractivity contribution is 9.10. The van der Waals surface area contributed by atoms with Crippen molar-refractivity contribution in [1.29, 1.82) is 0 Å². The van der Waals surface area contributed by atoms with Crippen LogP contribution in [0.1, 0.15) is 5.56 Å². The van der Waals surface area contributed by atoms with Gasteiger partial charge < -0.3 is 0 Å². The first-order chi connectivity index (χ1) is 11.5. The largest absolute Gasteiger partial charge is 0.335 e. The summed E-state index contributed by atoms with van der Waals surface area (Å²) < 4.78 is 1.56. The van der Waals surface area contributed by atoms with Crippen molar-refractivity contribution < 1.29 is 14.4 Å². The second-order valence-electron chi connectivity index (χ2n) is 4.96. The van der Waals surface area contributed by atoms with Crippen LogP contribution >= 0.6 is 31.9 Å². The molecular formula is C17H10Br2N2O3. The van der Waals surface area contributed by atoms with Crippen molar-refractivity contribution in [3.63, 3.8) is 0 Å². The number of nitrogens with zero attached hydrogens (tertiary/aromatic N) is 1. The molecule has 0 radical (unpaired) electrons. The van der Waals surface area contributed by atoms with E-state index in [2.05, 4.69) is 37.2 Å². The van der Waals surface area contributed by atoms with Crippen LogP contribution in [-0.2, 0) is 9.59 Å². The van der Waals surface area contributed by atoms with E-state index in [0.29, 0.717) is 11.3 Å². The third-order valence-corrected chi connectivity index (χ3v) is 4.64. The van der Waals surface area contributed by atoms with Gasteiger partial charge in [0.05, 0.1) is 5.69 Å². The van der Waals surface area contributed by atoms with Crippen LogP contribution in [0.15, 0.2) is 63.0 Å². The first kappa shape index (κ1) is 16.6. The Bertz CT molecular complexity index is 876. The molecule has 5 nitrogen and oxygen atoms in total. The van der Waals surface area contributed by atoms with Crippen LogP contribution in [0.3, 0.4) is 0 Å². The molecule has 0 saturated carbocycles. The molecule has 1 heterocycles. The number of carbonyl (C=O) groups excluding carboxylic acids is 3. The Morgan fingerprint density at radius 3 is 2.25 bits per heavy atom. The number of imide groups is 2. The topological polar surface area (TPSA) is 66.5 Å². The molecule has 0 unspecified atom stereocenters. The summed E-state index contributed by atoms with van der Waals surface area (Å²) in [4.78, 5) is 37.8. The quantitative estimate of drug-likeness (QED) is 0.558. The number of barbiturate groups is 1. The Morgan fingerprint density at radius 2 is 1.58 bits per heavy atom. The normalized spacial score (nSPS) is 16.5. The summed E-state index contributed by atoms with van der Waals surface area (Å²) in [6.45, 7) is 0. The molecule has 1 aliphatic heterocycles. The molecule has 0 aromatic heterocycles. The lowest BCUT2D eigenvalue weighted by atomic mass is 10.1. The van der Waals surface area contributed by atoms with Crippen molar-refractivity contribution in [2.75, 3.05) is 4.90 Å². The molecular weight excluding hydrogens is 440 g/mol. The van der Waals surface area contributed by atoms with E-state index in [0.717, 1.165) is 13.8 Å². The maximum Gasteiger partial charge on any atom is 0.335 e. The van der Waals surface area contributed by atoms with Crippen LogP contribution in [0.5, 0.6) is 0 Å². The molecule has 1 aliphatic rings. The third-order valence-electron chi connectivity index (χ3n) is 3.39. The minimum absolute atomic E-state index is 0.107. The molecule has 24 heavy (non-hydrogen) atoms. The number of hydrogen-bond donors (Lipinski definition) is 1. The van der Waals surface area contributed by atoms with E-state index in [4.69, 9.17) is 0 Å². The molecule has 2 aromatic carbocycles. The van der Waals surface area contributed by atoms with E-state index >= 15 is 0 Å². The van der Waals surface area contributed by atoms with Gasteiger partial charge in [0.2, 0.25) is 0 Å². The van der Waals surface area contributed by atoms with Crippen molar-refractivity contribution in [3.8, 4) is 0 Å². The van der Waals surface area contributed by atoms with E-state index in [9.17, 15) is 14.4 Å². The average molecular weight is 450 g/mol. The van der Waals surface area contributed by atoms with Crippen LogP contribution in [0.25, 0.3) is 6.08 Å². The highest BCUT2D eigenvalue weighted by atomic mass is 79.9. The van der Waals surface area contributed by atoms with Gasteiger partial charge in [-0.3, -0.25) is 14.9 Å². The van der Waals surface area contributed by atoms with Gasteiger partial charge in [0.15, 0.2) is 0 Å². The number of carbonyl (C=O) groups is 3. The molecule has 1 fully saturated rings. The zero-order chi connectivity index (χ0) is 17.3. The summed E-state index contributed by atoms with van der Waals surface area (Å²) in [5, 5.41) is 2.19. The second kappa shape index (κ2) is 6.70. The number of amides is 4. The zero-order valence-electron chi connectivity index (χ0n) is 12.1. The van der Waals surface area contributed by atoms with Crippen LogP contribution in [0, 0.1) is 0 Å². The number of halogens is 2. The average Bonchev–Trinajstić information content (AvgIpc) is 2.54. The third kappa shape index (κ3) is 3.18. The lowest BCUT2D eigenvalue weighted by Crippen LogP contribution is -2.54. The van der Waals surface area contributed by atoms with Gasteiger partial charge >= 0.3 is 6.03 Å². The van der Waals surface area contributed by atoms with Crippen molar-refractivity contribution in [3.05, 3.63) is 68.6 Å². The number of benzene rings is 2. The summed E-state index contributed by atoms with van der Waals surface area (Å²) >= 11 is 6.67. The monoisotopic (exact) mass is 448 g/mol. The van der Waals surface area contributed by atoms with E-state index < -0.39 is 17.8 Å². The van der Waals surface area contributed by atoms with Gasteiger partial charge in [0.25, 0.3) is 11.8 Å². The summed E-state index contributed by atoms with van der Waals surface area (Å²) in [5.41, 5.74) is 0.941. The van der Waals surface area contributed by atoms with Crippen LogP contribution in [0.4, 0.5) is 10.5 Å². The van der Waals surface area contributed by atoms with Gasteiger partial charge in [0, 0.05) is 8.95 Å². The molecule has 0 spiro atoms. The Hall–Kier alpha value is -2.25. The summed E-state index contributed by atoms with van der Waals surface area (Å²) in [7, 11) is 0. The van der Waals surface area contributed by atoms with E-state index in [-0.39, 0.29) is 5.57 Å². The highest BCUT2D eigenvalue weighted by Crippen LogP contribution is 2.25. The van der Waals surface area contributed by atoms with Crippen LogP contribution < -0.4 is 10.2 Å². The fourth-order valence-electron chi connectivity index (χ4n) is 2.23. The van der Waals surface area contributed by atoms with Crippen LogP contribution in [0.2, 0.25) is 0 Å². The van der Waals surface area contributed by atoms with E-state index in [1.54, 1.807) is 42.5 Å². The summed E-state index contributed by atoms with van der Waals surface area (Å²) in [5.74, 6) is -1.38. The standard InChI is InChI=1S/C17H10Br2N2O3/c18-11-5-7-12(8-6-11)21-16(23)13(15(22)20-17(21)24)9-10-3-1-2-4-14(10)19/h1-9H,(H,20,22,24)/b13-9+. The maximum atomic E-state index is 12.7. The first-order valence-electron chi connectivity index (χ1n) is 6.89. The van der Waals surface area contributed by atoms with Crippen molar-refractivity contribution in [2.45, 2.75) is 0 Å². The smallest absolute Gasteiger partial charge is 0.273 e. The molecule has 0 aliphatic carbocycles. The molecule has 2 aromatic rings. The number of urea groups is 1. The van der Waals surface area contributed by atoms with E-state index in [1.807, 2.05) is 6.07 Å². The highest BCUT2D eigenvalue weighted by Gasteiger charge is 2.36. The molecule has 3 rings (SSSR count). The van der Waals surface area contributed by atoms with Crippen molar-refractivity contribution in [2.24, 2.45) is 0 Å². The fourth-order valence-corrected chi connectivity index (χ4v) is 2.89. The van der Waals surface area contributed by atoms with Gasteiger partial charge in [0.1, 0.15) is 5.57 Å². The van der Waals surface area contributed by atoms with Crippen molar-refractivity contribution >= 4 is 61.5 Å². The minimum atomic E-state index is -0.767. The number of rotatable bonds is 2. The number of hydrogen-bond acceptors (Lipinski definition) is 3. The molecule has 120 valence electrons. The van der Waals surface area contributed by atoms with Gasteiger partial charge in [-0.1, -0.05) is 50.1 Å². The maximum absolute atomic E-state index is 12.7.